The molecule has 0 amide bonds. The lowest BCUT2D eigenvalue weighted by Crippen LogP contribution is -2.37. The van der Waals surface area contributed by atoms with Crippen molar-refractivity contribution in [2.24, 2.45) is 124 Å². The summed E-state index contributed by atoms with van der Waals surface area (Å²) in [4.78, 5) is 67.7. The SMILES string of the molecule is CC(C)C#CC(C)C.CC(C)C(=O)C(=O)C(C)C.CC(C)C(=O)C(C)C.CC(C)C(C(C)C)N(C)C.CC(C)C(F)(F)C(C)C.CC(C)C(O)C(C)C.CC(C)CC(=O)C(C)C.CC(C)CC(=O)C(C)C.CC(C)CC(C)C.CC(C)CCC(C)C.CC(C)OC(=O)C(C)C. The van der Waals surface area contributed by atoms with Crippen molar-refractivity contribution in [3.8, 4) is 11.8 Å². The number of esters is 1. The lowest BCUT2D eigenvalue weighted by Gasteiger charge is -2.31. The molecule has 0 radical (unpaired) electrons. The summed E-state index contributed by atoms with van der Waals surface area (Å²) in [6, 6.07) is 0.722. The molecular formula is C84H173F2NO8. The van der Waals surface area contributed by atoms with Crippen molar-refractivity contribution in [1.29, 1.82) is 0 Å². The fourth-order valence-electron chi connectivity index (χ4n) is 8.22. The normalized spacial score (nSPS) is 11.2. The summed E-state index contributed by atoms with van der Waals surface area (Å²) in [7, 11) is 4.31. The molecule has 0 saturated carbocycles. The Bertz CT molecular complexity index is 1680. The third-order valence-corrected chi connectivity index (χ3v) is 13.6. The first kappa shape index (κ1) is 116. The molecule has 0 aliphatic carbocycles. The van der Waals surface area contributed by atoms with Crippen LogP contribution in [0.1, 0.15) is 337 Å². The summed E-state index contributed by atoms with van der Waals surface area (Å²) in [5.41, 5.74) is 0. The highest BCUT2D eigenvalue weighted by molar-refractivity contribution is 6.38. The van der Waals surface area contributed by atoms with E-state index in [2.05, 4.69) is 169 Å². The standard InChI is InChI=1S/C9H21N.C8H14O2.2C8H16O.C8H18.C8H14.C7H14F2.C7H14O2.C7H16O.C7H14O.C7H16/c1-7(2)9(8(3)4)10(5)6;1-5(2)7(9)8(10)6(3)4;2*1-6(2)5-8(9)7(3)4;2*1-7(2)5-6-8(3)4;1-5(2)7(8,9)6(3)4;1-5(2)7(8)9-6(3)4;2*1-5(2)7(8)6(3)4;1-6(2)5-7(3)4/h7-9H,1-6H3;5-6H,1-4H3;2*6-7H,5H2,1-4H3;7-8H,5-6H2,1-4H3;7-8H,1-4H3;2*5-6H,1-4H3;5-8H,1-4H3;5-6H,1-4H3;6-7H,5H2,1-4H3. The van der Waals surface area contributed by atoms with Gasteiger partial charge in [0.15, 0.2) is 0 Å². The molecule has 0 heterocycles. The van der Waals surface area contributed by atoms with Crippen LogP contribution in [0.15, 0.2) is 0 Å². The number of Topliss-reactive ketones (excluding diaryl/α,β-unsaturated/α-hetero) is 5. The summed E-state index contributed by atoms with van der Waals surface area (Å²) in [6.07, 6.45) is 5.49. The van der Waals surface area contributed by atoms with Crippen LogP contribution in [0, 0.1) is 136 Å². The van der Waals surface area contributed by atoms with Gasteiger partial charge in [0.1, 0.15) is 17.3 Å². The fourth-order valence-corrected chi connectivity index (χ4v) is 8.22. The molecule has 9 nitrogen and oxygen atoms in total. The topological polar surface area (TPSA) is 135 Å². The molecule has 0 atom stereocenters. The van der Waals surface area contributed by atoms with Gasteiger partial charge < -0.3 is 14.7 Å². The highest BCUT2D eigenvalue weighted by Crippen LogP contribution is 2.31. The average Bonchev–Trinajstić information content (AvgIpc) is 3.38. The molecule has 95 heavy (non-hydrogen) atoms. The number of rotatable bonds is 25. The van der Waals surface area contributed by atoms with Crippen LogP contribution in [0.3, 0.4) is 0 Å². The van der Waals surface area contributed by atoms with Gasteiger partial charge in [-0.25, -0.2) is 8.78 Å². The highest BCUT2D eigenvalue weighted by Gasteiger charge is 2.36. The zero-order valence-corrected chi connectivity index (χ0v) is 72.4. The molecule has 0 aromatic rings. The molecule has 0 aromatic carbocycles. The first-order chi connectivity index (χ1) is 42.4. The fraction of sp³-hybridized carbons (Fsp3) is 0.905. The van der Waals surface area contributed by atoms with Crippen LogP contribution >= 0.6 is 0 Å². The number of aliphatic hydroxyl groups is 1. The Kier molecular flexibility index (Phi) is 83.6. The van der Waals surface area contributed by atoms with Gasteiger partial charge in [-0.2, -0.15) is 0 Å². The van der Waals surface area contributed by atoms with Gasteiger partial charge in [0, 0.05) is 78.1 Å². The Morgan fingerprint density at radius 2 is 0.632 bits per heavy atom. The van der Waals surface area contributed by atoms with Crippen molar-refractivity contribution < 1.29 is 47.4 Å². The maximum Gasteiger partial charge on any atom is 0.308 e. The molecule has 0 unspecified atom stereocenters. The van der Waals surface area contributed by atoms with Gasteiger partial charge >= 0.3 is 5.97 Å². The number of alkyl halides is 2. The van der Waals surface area contributed by atoms with Gasteiger partial charge in [-0.3, -0.25) is 28.8 Å². The lowest BCUT2D eigenvalue weighted by atomic mass is 9.92. The van der Waals surface area contributed by atoms with Crippen molar-refractivity contribution >= 4 is 34.9 Å². The predicted octanol–water partition coefficient (Wildman–Crippen LogP) is 24.3. The van der Waals surface area contributed by atoms with Gasteiger partial charge in [0.2, 0.25) is 11.6 Å². The van der Waals surface area contributed by atoms with Gasteiger partial charge in [-0.15, -0.1) is 11.8 Å². The van der Waals surface area contributed by atoms with E-state index in [0.29, 0.717) is 52.9 Å². The van der Waals surface area contributed by atoms with Crippen molar-refractivity contribution in [1.82, 2.24) is 4.90 Å². The molecule has 1 N–H and O–H groups in total. The number of hydrogen-bond acceptors (Lipinski definition) is 9. The monoisotopic (exact) mass is 1360 g/mol. The Balaban J connectivity index is -0.0000000909. The van der Waals surface area contributed by atoms with Crippen molar-refractivity contribution in [2.45, 2.75) is 361 Å². The van der Waals surface area contributed by atoms with E-state index in [4.69, 9.17) is 4.74 Å². The van der Waals surface area contributed by atoms with Crippen molar-refractivity contribution in [2.75, 3.05) is 14.1 Å². The van der Waals surface area contributed by atoms with E-state index in [-0.39, 0.29) is 71.2 Å². The minimum Gasteiger partial charge on any atom is -0.463 e. The zero-order chi connectivity index (χ0) is 79.1. The van der Waals surface area contributed by atoms with Crippen LogP contribution in [-0.4, -0.2) is 83.2 Å². The number of halogens is 2. The van der Waals surface area contributed by atoms with Gasteiger partial charge in [-0.05, 0) is 93.5 Å². The van der Waals surface area contributed by atoms with Crippen molar-refractivity contribution in [3.63, 3.8) is 0 Å². The third kappa shape index (κ3) is 95.4. The highest BCUT2D eigenvalue weighted by atomic mass is 19.3. The third-order valence-electron chi connectivity index (χ3n) is 13.6. The van der Waals surface area contributed by atoms with Crippen LogP contribution in [0.4, 0.5) is 8.78 Å². The molecule has 0 bridgehead atoms. The minimum absolute atomic E-state index is 0.00704. The molecule has 0 aliphatic heterocycles. The number of ether oxygens (including phenoxy) is 1. The molecule has 0 aromatic heterocycles. The molecule has 11 heteroatoms. The summed E-state index contributed by atoms with van der Waals surface area (Å²) < 4.78 is 30.2. The summed E-state index contributed by atoms with van der Waals surface area (Å²) in [5.74, 6) is 11.5. The van der Waals surface area contributed by atoms with Crippen molar-refractivity contribution in [3.05, 3.63) is 0 Å². The van der Waals surface area contributed by atoms with Crippen LogP contribution in [0.2, 0.25) is 0 Å². The number of hydrogen-bond donors (Lipinski definition) is 1. The van der Waals surface area contributed by atoms with E-state index in [1.54, 1.807) is 55.4 Å². The summed E-state index contributed by atoms with van der Waals surface area (Å²) >= 11 is 0. The molecule has 0 saturated heterocycles. The Hall–Kier alpha value is -2.84. The van der Waals surface area contributed by atoms with Crippen LogP contribution in [0.5, 0.6) is 0 Å². The average molecular weight is 1360 g/mol. The second-order valence-electron chi connectivity index (χ2n) is 33.7. The van der Waals surface area contributed by atoms with E-state index in [0.717, 1.165) is 54.4 Å². The molecule has 0 fully saturated rings. The largest absolute Gasteiger partial charge is 0.463 e. The Morgan fingerprint density at radius 3 is 0.684 bits per heavy atom. The molecular weight excluding hydrogens is 1190 g/mol. The number of carbonyl (C=O) groups is 6. The smallest absolute Gasteiger partial charge is 0.308 e. The Morgan fingerprint density at radius 1 is 0.368 bits per heavy atom. The van der Waals surface area contributed by atoms with Crippen LogP contribution < -0.4 is 0 Å². The van der Waals surface area contributed by atoms with Crippen LogP contribution in [-0.2, 0) is 33.5 Å². The number of carbonyl (C=O) groups excluding carboxylic acids is 6. The van der Waals surface area contributed by atoms with Crippen LogP contribution in [0.25, 0.3) is 0 Å². The quantitative estimate of drug-likeness (QED) is 0.0538. The molecule has 0 aliphatic rings. The number of ketones is 5. The minimum atomic E-state index is -2.50. The number of aliphatic hydroxyl groups excluding tert-OH is 1. The molecule has 576 valence electrons. The first-order valence-corrected chi connectivity index (χ1v) is 37.5. The second-order valence-corrected chi connectivity index (χ2v) is 33.7. The predicted molar refractivity (Wildman–Crippen MR) is 417 cm³/mol. The summed E-state index contributed by atoms with van der Waals surface area (Å²) in [5, 5.41) is 9.20. The zero-order valence-electron chi connectivity index (χ0n) is 72.4. The lowest BCUT2D eigenvalue weighted by molar-refractivity contribution is -0.151. The molecule has 0 rings (SSSR count). The second kappa shape index (κ2) is 68.3. The maximum absolute atomic E-state index is 12.7. The molecule has 0 spiro atoms. The van der Waals surface area contributed by atoms with E-state index >= 15 is 0 Å². The number of nitrogens with zero attached hydrogens (tertiary/aromatic N) is 1. The Labute approximate surface area is 595 Å². The van der Waals surface area contributed by atoms with E-state index < -0.39 is 17.8 Å². The van der Waals surface area contributed by atoms with E-state index in [1.165, 1.54) is 19.3 Å². The van der Waals surface area contributed by atoms with Gasteiger partial charge in [0.05, 0.1) is 18.1 Å². The maximum atomic E-state index is 12.7. The van der Waals surface area contributed by atoms with Gasteiger partial charge in [-0.1, -0.05) is 304 Å². The first-order valence-electron chi connectivity index (χ1n) is 37.5. The van der Waals surface area contributed by atoms with E-state index in [1.807, 2.05) is 111 Å². The van der Waals surface area contributed by atoms with Gasteiger partial charge in [0.25, 0.3) is 5.92 Å². The summed E-state index contributed by atoms with van der Waals surface area (Å²) in [6.45, 7) is 88.1. The van der Waals surface area contributed by atoms with E-state index in [9.17, 15) is 42.7 Å².